The number of para-hydroxylation sites is 1. The van der Waals surface area contributed by atoms with Crippen LogP contribution in [0.1, 0.15) is 17.0 Å². The Bertz CT molecular complexity index is 2250. The normalized spacial score (nSPS) is 14.8. The molecule has 0 atom stereocenters. The van der Waals surface area contributed by atoms with E-state index in [1.807, 2.05) is 66.9 Å². The van der Waals surface area contributed by atoms with E-state index in [4.69, 9.17) is 14.6 Å². The number of aromatic nitrogens is 5. The van der Waals surface area contributed by atoms with E-state index in [1.54, 1.807) is 48.2 Å². The molecule has 13 heteroatoms. The second-order valence-electron chi connectivity index (χ2n) is 10.4. The molecule has 1 aliphatic heterocycles. The lowest BCUT2D eigenvalue weighted by Gasteiger charge is -2.26. The molecule has 4 heterocycles. The molecule has 3 aromatic heterocycles. The largest absolute Gasteiger partial charge is 0.497 e. The molecule has 0 amide bonds. The third-order valence-corrected chi connectivity index (χ3v) is 10.4. The first kappa shape index (κ1) is 29.7. The zero-order valence-electron chi connectivity index (χ0n) is 24.7. The van der Waals surface area contributed by atoms with Crippen LogP contribution in [0.5, 0.6) is 5.75 Å². The summed E-state index contributed by atoms with van der Waals surface area (Å²) >= 11 is 1.24. The lowest BCUT2D eigenvalue weighted by atomic mass is 10.1. The molecule has 1 fully saturated rings. The van der Waals surface area contributed by atoms with Crippen molar-refractivity contribution in [2.75, 3.05) is 33.4 Å². The molecule has 1 aliphatic rings. The number of benzene rings is 3. The molecular formula is C33H28N6O5S2. The first-order valence-electron chi connectivity index (χ1n) is 14.5. The SMILES string of the molecule is COc1ccc(/C=C/c2nc3s/c(=C\c4cn(-c5ccccc5)nc4-c4ccc(S(=O)(=O)N5CCOCC5)cc4)c(=O)n3n2)cc1. The van der Waals surface area contributed by atoms with E-state index < -0.39 is 10.0 Å². The molecular weight excluding hydrogens is 625 g/mol. The fraction of sp³-hybridized carbons (Fsp3) is 0.152. The molecule has 0 spiro atoms. The van der Waals surface area contributed by atoms with Crippen LogP contribution in [-0.2, 0) is 14.8 Å². The van der Waals surface area contributed by atoms with Crippen LogP contribution >= 0.6 is 11.3 Å². The van der Waals surface area contributed by atoms with Crippen molar-refractivity contribution in [2.24, 2.45) is 0 Å². The number of morpholine rings is 1. The average Bonchev–Trinajstić information content (AvgIpc) is 3.79. The van der Waals surface area contributed by atoms with E-state index in [0.29, 0.717) is 58.4 Å². The zero-order valence-corrected chi connectivity index (χ0v) is 26.3. The molecule has 0 bridgehead atoms. The van der Waals surface area contributed by atoms with Crippen molar-refractivity contribution >= 4 is 44.5 Å². The smallest absolute Gasteiger partial charge is 0.291 e. The Morgan fingerprint density at radius 2 is 1.65 bits per heavy atom. The molecule has 11 nitrogen and oxygen atoms in total. The number of nitrogens with zero attached hydrogens (tertiary/aromatic N) is 6. The number of hydrogen-bond donors (Lipinski definition) is 0. The van der Waals surface area contributed by atoms with Gasteiger partial charge in [0.25, 0.3) is 5.56 Å². The van der Waals surface area contributed by atoms with Crippen molar-refractivity contribution in [3.8, 4) is 22.7 Å². The van der Waals surface area contributed by atoms with Crippen LogP contribution in [-0.4, -0.2) is 70.5 Å². The minimum Gasteiger partial charge on any atom is -0.497 e. The summed E-state index contributed by atoms with van der Waals surface area (Å²) in [4.78, 5) is 18.6. The number of thiazole rings is 1. The van der Waals surface area contributed by atoms with Crippen molar-refractivity contribution < 1.29 is 17.9 Å². The summed E-state index contributed by atoms with van der Waals surface area (Å²) in [5.74, 6) is 1.19. The Labute approximate surface area is 268 Å². The molecule has 6 aromatic rings. The van der Waals surface area contributed by atoms with Gasteiger partial charge in [-0.15, -0.1) is 5.10 Å². The maximum absolute atomic E-state index is 13.4. The second kappa shape index (κ2) is 12.4. The van der Waals surface area contributed by atoms with Crippen LogP contribution in [0.15, 0.2) is 94.7 Å². The Hall–Kier alpha value is -4.95. The van der Waals surface area contributed by atoms with Gasteiger partial charge in [0, 0.05) is 30.4 Å². The van der Waals surface area contributed by atoms with Gasteiger partial charge in [-0.25, -0.2) is 13.1 Å². The van der Waals surface area contributed by atoms with Crippen molar-refractivity contribution in [3.63, 3.8) is 0 Å². The van der Waals surface area contributed by atoms with Crippen LogP contribution in [0.2, 0.25) is 0 Å². The van der Waals surface area contributed by atoms with Crippen LogP contribution in [0.3, 0.4) is 0 Å². The zero-order chi connectivity index (χ0) is 31.7. The molecule has 0 N–H and O–H groups in total. The van der Waals surface area contributed by atoms with Crippen molar-refractivity contribution in [2.45, 2.75) is 4.90 Å². The summed E-state index contributed by atoms with van der Waals surface area (Å²) in [5, 5.41) is 9.24. The molecule has 0 aliphatic carbocycles. The summed E-state index contributed by atoms with van der Waals surface area (Å²) in [6.07, 6.45) is 7.26. The first-order chi connectivity index (χ1) is 22.4. The van der Waals surface area contributed by atoms with Gasteiger partial charge >= 0.3 is 0 Å². The maximum atomic E-state index is 13.4. The van der Waals surface area contributed by atoms with E-state index in [9.17, 15) is 13.2 Å². The minimum absolute atomic E-state index is 0.204. The summed E-state index contributed by atoms with van der Waals surface area (Å²) in [7, 11) is -2.02. The van der Waals surface area contributed by atoms with Crippen molar-refractivity contribution in [1.29, 1.82) is 0 Å². The first-order valence-corrected chi connectivity index (χ1v) is 16.7. The van der Waals surface area contributed by atoms with Gasteiger partial charge in [0.2, 0.25) is 15.0 Å². The summed E-state index contributed by atoms with van der Waals surface area (Å²) < 4.78 is 41.8. The summed E-state index contributed by atoms with van der Waals surface area (Å²) in [6, 6.07) is 23.9. The highest BCUT2D eigenvalue weighted by molar-refractivity contribution is 7.89. The van der Waals surface area contributed by atoms with Gasteiger partial charge in [0.1, 0.15) is 5.75 Å². The Morgan fingerprint density at radius 3 is 2.35 bits per heavy atom. The van der Waals surface area contributed by atoms with Crippen molar-refractivity contribution in [3.05, 3.63) is 117 Å². The number of fused-ring (bicyclic) bond motifs is 1. The standard InChI is InChI=1S/C33H28N6O5S2/c1-43-27-12-7-23(8-13-27)9-16-30-34-33-39(35-30)32(40)29(45-33)21-25-22-38(26-5-3-2-4-6-26)36-31(25)24-10-14-28(15-11-24)46(41,42)37-17-19-44-20-18-37/h2-16,21-22H,17-20H2,1H3/b16-9+,29-21-. The Balaban J connectivity index is 1.23. The third kappa shape index (κ3) is 5.88. The van der Waals surface area contributed by atoms with Gasteiger partial charge in [-0.3, -0.25) is 4.79 Å². The Kier molecular flexibility index (Phi) is 8.05. The van der Waals surface area contributed by atoms with Crippen molar-refractivity contribution in [1.82, 2.24) is 28.7 Å². The molecule has 0 saturated carbocycles. The molecule has 46 heavy (non-hydrogen) atoms. The highest BCUT2D eigenvalue weighted by Gasteiger charge is 2.26. The molecule has 0 radical (unpaired) electrons. The fourth-order valence-electron chi connectivity index (χ4n) is 5.10. The van der Waals surface area contributed by atoms with E-state index in [2.05, 4.69) is 10.1 Å². The topological polar surface area (TPSA) is 121 Å². The number of rotatable bonds is 8. The highest BCUT2D eigenvalue weighted by atomic mass is 32.2. The van der Waals surface area contributed by atoms with Gasteiger partial charge < -0.3 is 9.47 Å². The predicted octanol–water partition coefficient (Wildman–Crippen LogP) is 3.75. The van der Waals surface area contributed by atoms with Gasteiger partial charge in [0.15, 0.2) is 5.82 Å². The van der Waals surface area contributed by atoms with Crippen LogP contribution < -0.4 is 14.8 Å². The number of methoxy groups -OCH3 is 1. The van der Waals surface area contributed by atoms with Gasteiger partial charge in [-0.1, -0.05) is 59.9 Å². The van der Waals surface area contributed by atoms with E-state index in [0.717, 1.165) is 17.0 Å². The summed E-state index contributed by atoms with van der Waals surface area (Å²) in [6.45, 7) is 1.39. The monoisotopic (exact) mass is 652 g/mol. The van der Waals surface area contributed by atoms with Crippen LogP contribution in [0, 0.1) is 0 Å². The average molecular weight is 653 g/mol. The fourth-order valence-corrected chi connectivity index (χ4v) is 7.41. The summed E-state index contributed by atoms with van der Waals surface area (Å²) in [5.41, 5.74) is 3.49. The van der Waals surface area contributed by atoms with E-state index >= 15 is 0 Å². The van der Waals surface area contributed by atoms with Crippen LogP contribution in [0.25, 0.3) is 40.1 Å². The predicted molar refractivity (Wildman–Crippen MR) is 176 cm³/mol. The molecule has 1 saturated heterocycles. The van der Waals surface area contributed by atoms with E-state index in [1.165, 1.54) is 20.2 Å². The molecule has 3 aromatic carbocycles. The maximum Gasteiger partial charge on any atom is 0.291 e. The molecule has 7 rings (SSSR count). The lowest BCUT2D eigenvalue weighted by molar-refractivity contribution is 0.0730. The number of sulfonamides is 1. The van der Waals surface area contributed by atoms with Gasteiger partial charge in [-0.05, 0) is 54.1 Å². The van der Waals surface area contributed by atoms with Gasteiger partial charge in [0.05, 0.1) is 41.1 Å². The molecule has 232 valence electrons. The van der Waals surface area contributed by atoms with E-state index in [-0.39, 0.29) is 10.5 Å². The lowest BCUT2D eigenvalue weighted by Crippen LogP contribution is -2.40. The van der Waals surface area contributed by atoms with Crippen LogP contribution in [0.4, 0.5) is 0 Å². The number of hydrogen-bond acceptors (Lipinski definition) is 9. The quantitative estimate of drug-likeness (QED) is 0.244. The second-order valence-corrected chi connectivity index (χ2v) is 13.4. The minimum atomic E-state index is -3.64. The Morgan fingerprint density at radius 1 is 0.913 bits per heavy atom. The highest BCUT2D eigenvalue weighted by Crippen LogP contribution is 2.27. The molecule has 0 unspecified atom stereocenters. The number of ether oxygens (including phenoxy) is 2. The van der Waals surface area contributed by atoms with Gasteiger partial charge in [-0.2, -0.15) is 18.9 Å². The third-order valence-electron chi connectivity index (χ3n) is 7.52.